The Kier molecular flexibility index (Phi) is 3.59. The van der Waals surface area contributed by atoms with Crippen LogP contribution in [0.25, 0.3) is 0 Å². The van der Waals surface area contributed by atoms with Gasteiger partial charge in [-0.3, -0.25) is 0 Å². The molecular formula is C18H20O4. The second-order valence-electron chi connectivity index (χ2n) is 5.96. The van der Waals surface area contributed by atoms with Crippen LogP contribution in [0.4, 0.5) is 0 Å². The number of benzene rings is 2. The molecule has 0 radical (unpaired) electrons. The van der Waals surface area contributed by atoms with Gasteiger partial charge in [-0.15, -0.1) is 0 Å². The van der Waals surface area contributed by atoms with E-state index in [4.69, 9.17) is 0 Å². The summed E-state index contributed by atoms with van der Waals surface area (Å²) >= 11 is 0. The highest BCUT2D eigenvalue weighted by Crippen LogP contribution is 2.39. The van der Waals surface area contributed by atoms with Crippen molar-refractivity contribution in [2.75, 3.05) is 0 Å². The molecular weight excluding hydrogens is 280 g/mol. The first-order chi connectivity index (χ1) is 10.5. The van der Waals surface area contributed by atoms with E-state index < -0.39 is 0 Å². The molecule has 0 atom stereocenters. The van der Waals surface area contributed by atoms with Gasteiger partial charge in [-0.1, -0.05) is 0 Å². The van der Waals surface area contributed by atoms with Crippen LogP contribution in [0, 0.1) is 13.8 Å². The highest BCUT2D eigenvalue weighted by molar-refractivity contribution is 5.59. The first kappa shape index (κ1) is 14.9. The van der Waals surface area contributed by atoms with E-state index in [1.807, 2.05) is 26.0 Å². The molecule has 0 aromatic heterocycles. The van der Waals surface area contributed by atoms with E-state index in [1.165, 1.54) is 0 Å². The van der Waals surface area contributed by atoms with Crippen molar-refractivity contribution in [3.8, 4) is 11.5 Å². The van der Waals surface area contributed by atoms with Crippen molar-refractivity contribution >= 4 is 0 Å². The smallest absolute Gasteiger partial charge is 0.124 e. The van der Waals surface area contributed by atoms with Gasteiger partial charge in [0.2, 0.25) is 0 Å². The van der Waals surface area contributed by atoms with Crippen LogP contribution in [0.15, 0.2) is 12.1 Å². The van der Waals surface area contributed by atoms with E-state index in [-0.39, 0.29) is 24.7 Å². The van der Waals surface area contributed by atoms with Crippen molar-refractivity contribution in [1.82, 2.24) is 0 Å². The second kappa shape index (κ2) is 5.30. The van der Waals surface area contributed by atoms with E-state index >= 15 is 0 Å². The minimum Gasteiger partial charge on any atom is -0.507 e. The third-order valence-corrected chi connectivity index (χ3v) is 4.77. The summed E-state index contributed by atoms with van der Waals surface area (Å²) in [5, 5.41) is 39.1. The lowest BCUT2D eigenvalue weighted by atomic mass is 9.80. The van der Waals surface area contributed by atoms with E-state index in [2.05, 4.69) is 0 Å². The highest BCUT2D eigenvalue weighted by atomic mass is 16.3. The van der Waals surface area contributed by atoms with Gasteiger partial charge in [0, 0.05) is 11.1 Å². The van der Waals surface area contributed by atoms with Crippen molar-refractivity contribution in [2.24, 2.45) is 0 Å². The maximum absolute atomic E-state index is 10.2. The molecule has 2 aromatic carbocycles. The molecule has 0 saturated carbocycles. The third kappa shape index (κ3) is 2.07. The van der Waals surface area contributed by atoms with Crippen LogP contribution in [0.5, 0.6) is 11.5 Å². The van der Waals surface area contributed by atoms with Crippen molar-refractivity contribution in [3.05, 3.63) is 56.6 Å². The lowest BCUT2D eigenvalue weighted by molar-refractivity contribution is 0.275. The summed E-state index contributed by atoms with van der Waals surface area (Å²) in [6.45, 7) is 3.33. The van der Waals surface area contributed by atoms with Crippen molar-refractivity contribution < 1.29 is 20.4 Å². The van der Waals surface area contributed by atoms with Gasteiger partial charge in [-0.2, -0.15) is 0 Å². The van der Waals surface area contributed by atoms with E-state index in [0.717, 1.165) is 33.4 Å². The zero-order valence-corrected chi connectivity index (χ0v) is 12.8. The number of fused-ring (bicyclic) bond motifs is 2. The molecule has 1 aliphatic rings. The van der Waals surface area contributed by atoms with E-state index in [9.17, 15) is 20.4 Å². The molecule has 0 fully saturated rings. The average Bonchev–Trinajstić information content (AvgIpc) is 2.53. The Bertz CT molecular complexity index is 699. The monoisotopic (exact) mass is 300 g/mol. The summed E-state index contributed by atoms with van der Waals surface area (Å²) in [6.07, 6.45) is 1.31. The molecule has 3 rings (SSSR count). The fourth-order valence-corrected chi connectivity index (χ4v) is 3.41. The van der Waals surface area contributed by atoms with Gasteiger partial charge < -0.3 is 20.4 Å². The SMILES string of the molecule is Cc1c(O)c(CO)cc2c1Cc1c(cc(CO)c(O)c1C)C2. The molecule has 4 N–H and O–H groups in total. The lowest BCUT2D eigenvalue weighted by Gasteiger charge is -2.26. The van der Waals surface area contributed by atoms with Crippen LogP contribution in [0.1, 0.15) is 44.5 Å². The Balaban J connectivity index is 2.18. The van der Waals surface area contributed by atoms with Gasteiger partial charge in [0.05, 0.1) is 13.2 Å². The molecule has 4 heteroatoms. The minimum absolute atomic E-state index is 0.151. The number of hydrogen-bond acceptors (Lipinski definition) is 4. The zero-order chi connectivity index (χ0) is 16.0. The minimum atomic E-state index is -0.191. The lowest BCUT2D eigenvalue weighted by Crippen LogP contribution is -2.13. The van der Waals surface area contributed by atoms with Gasteiger partial charge in [0.15, 0.2) is 0 Å². The largest absolute Gasteiger partial charge is 0.507 e. The standard InChI is InChI=1S/C18H20O4/c1-9-15-6-16-10(2)18(22)14(8-20)5-12(16)3-11(15)4-13(7-19)17(9)21/h4-5,19-22H,3,6-8H2,1-2H3. The van der Waals surface area contributed by atoms with E-state index in [0.29, 0.717) is 24.0 Å². The van der Waals surface area contributed by atoms with Crippen molar-refractivity contribution in [2.45, 2.75) is 39.9 Å². The molecule has 0 aliphatic heterocycles. The van der Waals surface area contributed by atoms with Crippen LogP contribution in [-0.4, -0.2) is 20.4 Å². The summed E-state index contributed by atoms with van der Waals surface area (Å²) in [5.74, 6) is 0.303. The number of rotatable bonds is 2. The first-order valence-corrected chi connectivity index (χ1v) is 7.36. The van der Waals surface area contributed by atoms with Gasteiger partial charge in [0.25, 0.3) is 0 Å². The number of aliphatic hydroxyl groups excluding tert-OH is 2. The molecule has 4 nitrogen and oxygen atoms in total. The molecule has 0 heterocycles. The van der Waals surface area contributed by atoms with Crippen LogP contribution < -0.4 is 0 Å². The predicted octanol–water partition coefficient (Wildman–Crippen LogP) is 2.19. The number of phenols is 2. The Labute approximate surface area is 129 Å². The highest BCUT2D eigenvalue weighted by Gasteiger charge is 2.24. The van der Waals surface area contributed by atoms with Crippen LogP contribution in [0.2, 0.25) is 0 Å². The topological polar surface area (TPSA) is 80.9 Å². The molecule has 22 heavy (non-hydrogen) atoms. The fourth-order valence-electron chi connectivity index (χ4n) is 3.41. The molecule has 0 spiro atoms. The van der Waals surface area contributed by atoms with Crippen LogP contribution >= 0.6 is 0 Å². The molecule has 2 aromatic rings. The Morgan fingerprint density at radius 2 is 1.18 bits per heavy atom. The maximum Gasteiger partial charge on any atom is 0.124 e. The first-order valence-electron chi connectivity index (χ1n) is 7.36. The van der Waals surface area contributed by atoms with Crippen molar-refractivity contribution in [3.63, 3.8) is 0 Å². The molecule has 1 aliphatic carbocycles. The Morgan fingerprint density at radius 1 is 0.773 bits per heavy atom. The van der Waals surface area contributed by atoms with E-state index in [1.54, 1.807) is 0 Å². The number of aromatic hydroxyl groups is 2. The third-order valence-electron chi connectivity index (χ3n) is 4.77. The van der Waals surface area contributed by atoms with Gasteiger partial charge >= 0.3 is 0 Å². The van der Waals surface area contributed by atoms with Gasteiger partial charge in [-0.05, 0) is 72.2 Å². The normalized spacial score (nSPS) is 12.9. The summed E-state index contributed by atoms with van der Waals surface area (Å²) in [6, 6.07) is 3.70. The summed E-state index contributed by atoms with van der Waals surface area (Å²) in [4.78, 5) is 0. The quantitative estimate of drug-likeness (QED) is 0.585. The molecule has 0 unspecified atom stereocenters. The molecule has 0 bridgehead atoms. The van der Waals surface area contributed by atoms with Crippen molar-refractivity contribution in [1.29, 1.82) is 0 Å². The average molecular weight is 300 g/mol. The Hall–Kier alpha value is -2.04. The molecule has 116 valence electrons. The van der Waals surface area contributed by atoms with Crippen LogP contribution in [-0.2, 0) is 26.1 Å². The van der Waals surface area contributed by atoms with Gasteiger partial charge in [-0.25, -0.2) is 0 Å². The summed E-state index contributed by atoms with van der Waals surface area (Å²) < 4.78 is 0. The summed E-state index contributed by atoms with van der Waals surface area (Å²) in [7, 11) is 0. The second-order valence-corrected chi connectivity index (χ2v) is 5.96. The summed E-state index contributed by atoms with van der Waals surface area (Å²) in [5.41, 5.74) is 6.94. The predicted molar refractivity (Wildman–Crippen MR) is 83.1 cm³/mol. The fraction of sp³-hybridized carbons (Fsp3) is 0.333. The Morgan fingerprint density at radius 3 is 1.55 bits per heavy atom. The molecule has 0 saturated heterocycles. The number of aliphatic hydroxyl groups is 2. The number of hydrogen-bond donors (Lipinski definition) is 4. The van der Waals surface area contributed by atoms with Gasteiger partial charge in [0.1, 0.15) is 11.5 Å². The maximum atomic E-state index is 10.2. The van der Waals surface area contributed by atoms with Crippen LogP contribution in [0.3, 0.4) is 0 Å². The zero-order valence-electron chi connectivity index (χ0n) is 12.8. The molecule has 0 amide bonds.